The monoisotopic (exact) mass is 259 g/mol. The number of benzene rings is 1. The van der Waals surface area contributed by atoms with E-state index in [0.29, 0.717) is 6.04 Å². The average molecular weight is 259 g/mol. The van der Waals surface area contributed by atoms with Crippen molar-refractivity contribution >= 4 is 21.4 Å². The summed E-state index contributed by atoms with van der Waals surface area (Å²) in [5.41, 5.74) is 2.81. The smallest absolute Gasteiger partial charge is 0.0351 e. The summed E-state index contributed by atoms with van der Waals surface area (Å²) in [4.78, 5) is 1.59. The topological polar surface area (TPSA) is 12.0 Å². The van der Waals surface area contributed by atoms with Gasteiger partial charge in [0, 0.05) is 15.6 Å². The Morgan fingerprint density at radius 1 is 1.22 bits per heavy atom. The van der Waals surface area contributed by atoms with Crippen LogP contribution < -0.4 is 5.32 Å². The van der Waals surface area contributed by atoms with Crippen LogP contribution in [0.1, 0.15) is 41.7 Å². The second kappa shape index (κ2) is 4.67. The lowest BCUT2D eigenvalue weighted by molar-refractivity contribution is 0.384. The molecule has 96 valence electrons. The summed E-state index contributed by atoms with van der Waals surface area (Å²) in [5.74, 6) is 0.762. The van der Waals surface area contributed by atoms with E-state index in [9.17, 15) is 0 Å². The molecule has 0 aliphatic carbocycles. The van der Waals surface area contributed by atoms with E-state index in [1.165, 1.54) is 34.1 Å². The van der Waals surface area contributed by atoms with Gasteiger partial charge in [0.25, 0.3) is 0 Å². The number of nitrogens with one attached hydrogen (secondary N) is 1. The van der Waals surface area contributed by atoms with Crippen LogP contribution in [0.3, 0.4) is 0 Å². The molecule has 0 saturated carbocycles. The Labute approximate surface area is 113 Å². The number of rotatable bonds is 1. The molecule has 0 radical (unpaired) electrons. The Hall–Kier alpha value is -0.860. The number of piperidine rings is 1. The molecule has 2 aromatic rings. The van der Waals surface area contributed by atoms with E-state index in [-0.39, 0.29) is 0 Å². The zero-order chi connectivity index (χ0) is 12.7. The van der Waals surface area contributed by atoms with E-state index in [1.54, 1.807) is 4.88 Å². The molecular weight excluding hydrogens is 238 g/mol. The second-order valence-electron chi connectivity index (χ2n) is 5.72. The predicted octanol–water partition coefficient (Wildman–Crippen LogP) is 4.37. The maximum absolute atomic E-state index is 3.54. The molecule has 2 heteroatoms. The molecule has 1 fully saturated rings. The lowest BCUT2D eigenvalue weighted by Crippen LogP contribution is -2.34. The van der Waals surface area contributed by atoms with Gasteiger partial charge in [0.05, 0.1) is 0 Å². The first-order chi connectivity index (χ1) is 8.63. The maximum Gasteiger partial charge on any atom is 0.0351 e. The predicted molar refractivity (Wildman–Crippen MR) is 80.7 cm³/mol. The molecule has 0 spiro atoms. The number of aryl methyl sites for hydroxylation is 2. The lowest BCUT2D eigenvalue weighted by atomic mass is 9.91. The highest BCUT2D eigenvalue weighted by molar-refractivity contribution is 7.19. The second-order valence-corrected chi connectivity index (χ2v) is 6.83. The minimum absolute atomic E-state index is 0.664. The molecule has 1 aromatic carbocycles. The summed E-state index contributed by atoms with van der Waals surface area (Å²) in [5, 5.41) is 5.01. The first kappa shape index (κ1) is 12.2. The molecule has 0 unspecified atom stereocenters. The van der Waals surface area contributed by atoms with Crippen LogP contribution in [0.5, 0.6) is 0 Å². The van der Waals surface area contributed by atoms with Crippen LogP contribution in [-0.2, 0) is 0 Å². The van der Waals surface area contributed by atoms with Crippen LogP contribution >= 0.6 is 11.3 Å². The van der Waals surface area contributed by atoms with Gasteiger partial charge in [0.1, 0.15) is 0 Å². The first-order valence-electron chi connectivity index (χ1n) is 6.87. The van der Waals surface area contributed by atoms with Crippen LogP contribution in [0.2, 0.25) is 0 Å². The molecular formula is C16H21NS. The van der Waals surface area contributed by atoms with E-state index >= 15 is 0 Å². The van der Waals surface area contributed by atoms with Crippen molar-refractivity contribution in [3.8, 4) is 0 Å². The fraction of sp³-hybridized carbons (Fsp3) is 0.500. The molecule has 1 saturated heterocycles. The quantitative estimate of drug-likeness (QED) is 0.801. The molecule has 2 atom stereocenters. The third-order valence-electron chi connectivity index (χ3n) is 4.03. The van der Waals surface area contributed by atoms with Crippen LogP contribution in [-0.4, -0.2) is 12.6 Å². The molecule has 18 heavy (non-hydrogen) atoms. The Kier molecular flexibility index (Phi) is 3.16. The highest BCUT2D eigenvalue weighted by Crippen LogP contribution is 2.37. The van der Waals surface area contributed by atoms with Crippen molar-refractivity contribution < 1.29 is 0 Å². The third kappa shape index (κ3) is 2.19. The Morgan fingerprint density at radius 3 is 2.83 bits per heavy atom. The Balaban J connectivity index is 2.00. The van der Waals surface area contributed by atoms with E-state index < -0.39 is 0 Å². The van der Waals surface area contributed by atoms with Crippen molar-refractivity contribution in [1.29, 1.82) is 0 Å². The van der Waals surface area contributed by atoms with Crippen molar-refractivity contribution in [2.24, 2.45) is 0 Å². The fourth-order valence-corrected chi connectivity index (χ4v) is 4.49. The van der Waals surface area contributed by atoms with Crippen LogP contribution in [0.4, 0.5) is 0 Å². The molecule has 1 N–H and O–H groups in total. The van der Waals surface area contributed by atoms with Gasteiger partial charge in [-0.15, -0.1) is 11.3 Å². The van der Waals surface area contributed by atoms with Gasteiger partial charge in [0.15, 0.2) is 0 Å². The highest BCUT2D eigenvalue weighted by Gasteiger charge is 2.21. The van der Waals surface area contributed by atoms with Crippen LogP contribution in [0.15, 0.2) is 18.2 Å². The van der Waals surface area contributed by atoms with Gasteiger partial charge in [-0.3, -0.25) is 0 Å². The molecule has 1 aliphatic heterocycles. The zero-order valence-electron chi connectivity index (χ0n) is 11.4. The summed E-state index contributed by atoms with van der Waals surface area (Å²) >= 11 is 2.01. The Morgan fingerprint density at radius 2 is 2.06 bits per heavy atom. The molecule has 0 amide bonds. The summed E-state index contributed by atoms with van der Waals surface area (Å²) in [6.07, 6.45) is 2.57. The van der Waals surface area contributed by atoms with Gasteiger partial charge < -0.3 is 5.32 Å². The van der Waals surface area contributed by atoms with Gasteiger partial charge in [-0.25, -0.2) is 0 Å². The van der Waals surface area contributed by atoms with E-state index in [0.717, 1.165) is 12.5 Å². The standard InChI is InChI=1S/C16H21NS/c1-10-6-11(2)14-9-15(18-16(14)7-10)13-4-5-17-12(3)8-13/h6-7,9,12-13,17H,4-5,8H2,1-3H3/t12-,13+/m1/s1. The molecule has 1 aliphatic rings. The van der Waals surface area contributed by atoms with Gasteiger partial charge in [-0.1, -0.05) is 6.07 Å². The SMILES string of the molecule is Cc1cc(C)c2cc([C@H]3CCN[C@H](C)C3)sc2c1. The first-order valence-corrected chi connectivity index (χ1v) is 7.69. The fourth-order valence-electron chi connectivity index (χ4n) is 3.10. The van der Waals surface area contributed by atoms with Crippen molar-refractivity contribution in [3.63, 3.8) is 0 Å². The van der Waals surface area contributed by atoms with Crippen molar-refractivity contribution in [2.75, 3.05) is 6.54 Å². The number of fused-ring (bicyclic) bond motifs is 1. The third-order valence-corrected chi connectivity index (χ3v) is 5.28. The largest absolute Gasteiger partial charge is 0.314 e. The van der Waals surface area contributed by atoms with E-state index in [4.69, 9.17) is 0 Å². The number of thiophene rings is 1. The Bertz CT molecular complexity index is 570. The molecule has 1 nitrogen and oxygen atoms in total. The van der Waals surface area contributed by atoms with E-state index in [1.807, 2.05) is 11.3 Å². The van der Waals surface area contributed by atoms with Gasteiger partial charge >= 0.3 is 0 Å². The molecule has 3 rings (SSSR count). The lowest BCUT2D eigenvalue weighted by Gasteiger charge is -2.27. The van der Waals surface area contributed by atoms with Crippen molar-refractivity contribution in [3.05, 3.63) is 34.2 Å². The average Bonchev–Trinajstić information content (AvgIpc) is 2.73. The molecule has 0 bridgehead atoms. The molecule has 1 aromatic heterocycles. The number of hydrogen-bond acceptors (Lipinski definition) is 2. The van der Waals surface area contributed by atoms with Gasteiger partial charge in [-0.05, 0) is 74.7 Å². The minimum atomic E-state index is 0.664. The van der Waals surface area contributed by atoms with Crippen molar-refractivity contribution in [2.45, 2.75) is 45.6 Å². The van der Waals surface area contributed by atoms with Crippen LogP contribution in [0, 0.1) is 13.8 Å². The van der Waals surface area contributed by atoms with Crippen LogP contribution in [0.25, 0.3) is 10.1 Å². The minimum Gasteiger partial charge on any atom is -0.314 e. The van der Waals surface area contributed by atoms with E-state index in [2.05, 4.69) is 44.3 Å². The normalized spacial score (nSPS) is 24.6. The maximum atomic E-state index is 3.54. The van der Waals surface area contributed by atoms with Gasteiger partial charge in [-0.2, -0.15) is 0 Å². The molecule has 2 heterocycles. The summed E-state index contributed by atoms with van der Waals surface area (Å²) in [6.45, 7) is 7.89. The summed E-state index contributed by atoms with van der Waals surface area (Å²) in [6, 6.07) is 7.74. The van der Waals surface area contributed by atoms with Crippen molar-refractivity contribution in [1.82, 2.24) is 5.32 Å². The summed E-state index contributed by atoms with van der Waals surface area (Å²) in [7, 11) is 0. The zero-order valence-corrected chi connectivity index (χ0v) is 12.2. The van der Waals surface area contributed by atoms with Gasteiger partial charge in [0.2, 0.25) is 0 Å². The summed E-state index contributed by atoms with van der Waals surface area (Å²) < 4.78 is 1.47. The highest BCUT2D eigenvalue weighted by atomic mass is 32.1. The number of hydrogen-bond donors (Lipinski definition) is 1.